The second-order valence-corrected chi connectivity index (χ2v) is 12.4. The number of methoxy groups -OCH3 is 2. The lowest BCUT2D eigenvalue weighted by atomic mass is 10.2. The monoisotopic (exact) mass is 429 g/mol. The van der Waals surface area contributed by atoms with E-state index in [0.717, 1.165) is 10.4 Å². The second-order valence-electron chi connectivity index (χ2n) is 8.08. The van der Waals surface area contributed by atoms with Gasteiger partial charge in [0.2, 0.25) is 0 Å². The van der Waals surface area contributed by atoms with Crippen LogP contribution in [0.15, 0.2) is 65.8 Å². The van der Waals surface area contributed by atoms with E-state index in [1.165, 1.54) is 14.2 Å². The topological polar surface area (TPSA) is 96.7 Å². The Bertz CT molecular complexity index is 780. The zero-order chi connectivity index (χ0) is 22.2. The SMILES string of the molecule is COC(OC)[C@@H](O)[C@H](CO[Si](c1ccccc1)(c1ccccc1)C(C)(C)C)N=[N+]=[N-]. The maximum atomic E-state index is 10.7. The van der Waals surface area contributed by atoms with Crippen molar-refractivity contribution < 1.29 is 19.0 Å². The van der Waals surface area contributed by atoms with Crippen LogP contribution in [-0.2, 0) is 13.9 Å². The molecule has 7 nitrogen and oxygen atoms in total. The highest BCUT2D eigenvalue weighted by Crippen LogP contribution is 2.37. The number of ether oxygens (including phenoxy) is 2. The molecule has 0 aliphatic rings. The van der Waals surface area contributed by atoms with E-state index in [0.29, 0.717) is 0 Å². The molecule has 0 radical (unpaired) electrons. The molecule has 1 N–H and O–H groups in total. The Hall–Kier alpha value is -2.19. The van der Waals surface area contributed by atoms with Crippen molar-refractivity contribution in [1.82, 2.24) is 0 Å². The van der Waals surface area contributed by atoms with Gasteiger partial charge in [-0.05, 0) is 20.9 Å². The van der Waals surface area contributed by atoms with Crippen molar-refractivity contribution in [2.45, 2.75) is 44.2 Å². The summed E-state index contributed by atoms with van der Waals surface area (Å²) in [5, 5.41) is 16.4. The van der Waals surface area contributed by atoms with Crippen molar-refractivity contribution in [2.75, 3.05) is 20.8 Å². The van der Waals surface area contributed by atoms with Crippen molar-refractivity contribution in [3.63, 3.8) is 0 Å². The molecular weight excluding hydrogens is 398 g/mol. The Morgan fingerprint density at radius 2 is 1.43 bits per heavy atom. The predicted octanol–water partition coefficient (Wildman–Crippen LogP) is 3.22. The summed E-state index contributed by atoms with van der Waals surface area (Å²) in [7, 11) is 0.0301. The van der Waals surface area contributed by atoms with Crippen LogP contribution in [0.4, 0.5) is 0 Å². The Morgan fingerprint density at radius 1 is 0.967 bits per heavy atom. The zero-order valence-electron chi connectivity index (χ0n) is 18.2. The smallest absolute Gasteiger partial charge is 0.261 e. The van der Waals surface area contributed by atoms with Gasteiger partial charge in [0.25, 0.3) is 8.32 Å². The summed E-state index contributed by atoms with van der Waals surface area (Å²) >= 11 is 0. The van der Waals surface area contributed by atoms with Crippen molar-refractivity contribution in [1.29, 1.82) is 0 Å². The van der Waals surface area contributed by atoms with E-state index in [1.807, 2.05) is 36.4 Å². The lowest BCUT2D eigenvalue weighted by Crippen LogP contribution is -2.67. The molecule has 0 fully saturated rings. The molecule has 162 valence electrons. The van der Waals surface area contributed by atoms with Gasteiger partial charge >= 0.3 is 0 Å². The summed E-state index contributed by atoms with van der Waals surface area (Å²) in [5.74, 6) is 0. The second kappa shape index (κ2) is 10.7. The van der Waals surface area contributed by atoms with E-state index >= 15 is 0 Å². The number of benzene rings is 2. The fraction of sp³-hybridized carbons (Fsp3) is 0.455. The van der Waals surface area contributed by atoms with Gasteiger partial charge in [0.1, 0.15) is 6.10 Å². The molecule has 2 aromatic rings. The Kier molecular flexibility index (Phi) is 8.61. The third kappa shape index (κ3) is 5.10. The van der Waals surface area contributed by atoms with Gasteiger partial charge in [0, 0.05) is 25.7 Å². The van der Waals surface area contributed by atoms with Gasteiger partial charge in [0.15, 0.2) is 6.29 Å². The molecule has 0 saturated heterocycles. The highest BCUT2D eigenvalue weighted by atomic mass is 28.4. The van der Waals surface area contributed by atoms with Crippen molar-refractivity contribution in [3.8, 4) is 0 Å². The predicted molar refractivity (Wildman–Crippen MR) is 120 cm³/mol. The van der Waals surface area contributed by atoms with Crippen LogP contribution in [0.5, 0.6) is 0 Å². The van der Waals surface area contributed by atoms with Crippen LogP contribution >= 0.6 is 0 Å². The first-order valence-corrected chi connectivity index (χ1v) is 11.8. The Labute approximate surface area is 179 Å². The first-order valence-electron chi connectivity index (χ1n) is 9.84. The average Bonchev–Trinajstić information content (AvgIpc) is 2.74. The molecule has 30 heavy (non-hydrogen) atoms. The number of hydrogen-bond donors (Lipinski definition) is 1. The minimum Gasteiger partial charge on any atom is -0.407 e. The maximum Gasteiger partial charge on any atom is 0.261 e. The highest BCUT2D eigenvalue weighted by Gasteiger charge is 2.50. The fourth-order valence-electron chi connectivity index (χ4n) is 3.79. The van der Waals surface area contributed by atoms with Crippen LogP contribution < -0.4 is 10.4 Å². The molecule has 0 amide bonds. The number of hydrogen-bond acceptors (Lipinski definition) is 5. The number of rotatable bonds is 10. The van der Waals surface area contributed by atoms with Crippen LogP contribution in [0.25, 0.3) is 10.4 Å². The van der Waals surface area contributed by atoms with E-state index in [4.69, 9.17) is 19.4 Å². The summed E-state index contributed by atoms with van der Waals surface area (Å²) in [6.07, 6.45) is -2.10. The molecule has 2 atom stereocenters. The molecule has 2 rings (SSSR count). The van der Waals surface area contributed by atoms with Crippen molar-refractivity contribution in [2.24, 2.45) is 5.11 Å². The van der Waals surface area contributed by atoms with Crippen LogP contribution in [-0.4, -0.2) is 52.7 Å². The minimum atomic E-state index is -2.82. The molecule has 0 heterocycles. The molecule has 0 aliphatic carbocycles. The summed E-state index contributed by atoms with van der Waals surface area (Å²) in [4.78, 5) is 2.91. The summed E-state index contributed by atoms with van der Waals surface area (Å²) < 4.78 is 17.1. The molecule has 8 heteroatoms. The number of aliphatic hydroxyl groups excluding tert-OH is 1. The first kappa shape index (κ1) is 24.1. The van der Waals surface area contributed by atoms with Crippen LogP contribution in [0.1, 0.15) is 20.8 Å². The normalized spacial score (nSPS) is 14.2. The van der Waals surface area contributed by atoms with E-state index in [2.05, 4.69) is 55.1 Å². The molecule has 0 spiro atoms. The summed E-state index contributed by atoms with van der Waals surface area (Å²) in [6.45, 7) is 6.50. The molecular formula is C22H31N3O4Si. The van der Waals surface area contributed by atoms with Gasteiger partial charge in [-0.1, -0.05) is 86.5 Å². The standard InChI is InChI=1S/C22H31N3O4Si/c1-22(2,3)30(17-12-8-6-9-13-17,18-14-10-7-11-15-18)29-16-19(24-25-23)20(26)21(27-4)28-5/h6-15,19-21,26H,16H2,1-5H3/t19-,20-/m0/s1. The summed E-state index contributed by atoms with van der Waals surface area (Å²) in [6, 6.07) is 19.4. The number of nitrogens with zero attached hydrogens (tertiary/aromatic N) is 3. The largest absolute Gasteiger partial charge is 0.407 e. The van der Waals surface area contributed by atoms with Crippen LogP contribution in [0.2, 0.25) is 5.04 Å². The Morgan fingerprint density at radius 3 is 1.80 bits per heavy atom. The van der Waals surface area contributed by atoms with Crippen LogP contribution in [0.3, 0.4) is 0 Å². The first-order chi connectivity index (χ1) is 14.3. The molecule has 0 unspecified atom stereocenters. The van der Waals surface area contributed by atoms with Crippen LogP contribution in [0, 0.1) is 0 Å². The zero-order valence-corrected chi connectivity index (χ0v) is 19.2. The van der Waals surface area contributed by atoms with Crippen molar-refractivity contribution >= 4 is 18.7 Å². The van der Waals surface area contributed by atoms with Gasteiger partial charge in [-0.3, -0.25) is 0 Å². The number of azide groups is 1. The number of aliphatic hydroxyl groups is 1. The van der Waals surface area contributed by atoms with E-state index < -0.39 is 26.8 Å². The average molecular weight is 430 g/mol. The summed E-state index contributed by atoms with van der Waals surface area (Å²) in [5.41, 5.74) is 9.06. The molecule has 0 aromatic heterocycles. The van der Waals surface area contributed by atoms with Gasteiger partial charge in [-0.25, -0.2) is 0 Å². The molecule has 0 aliphatic heterocycles. The van der Waals surface area contributed by atoms with Crippen molar-refractivity contribution in [3.05, 3.63) is 71.1 Å². The highest BCUT2D eigenvalue weighted by molar-refractivity contribution is 6.99. The molecule has 0 saturated carbocycles. The molecule has 0 bridgehead atoms. The third-order valence-corrected chi connectivity index (χ3v) is 10.2. The van der Waals surface area contributed by atoms with E-state index in [-0.39, 0.29) is 11.6 Å². The Balaban J connectivity index is 2.53. The van der Waals surface area contributed by atoms with Gasteiger partial charge in [-0.2, -0.15) is 0 Å². The lowest BCUT2D eigenvalue weighted by molar-refractivity contribution is -0.171. The maximum absolute atomic E-state index is 10.7. The van der Waals surface area contributed by atoms with E-state index in [9.17, 15) is 5.11 Å². The van der Waals surface area contributed by atoms with Gasteiger partial charge in [-0.15, -0.1) is 0 Å². The lowest BCUT2D eigenvalue weighted by Gasteiger charge is -2.43. The molecule has 2 aromatic carbocycles. The fourth-order valence-corrected chi connectivity index (χ4v) is 8.37. The van der Waals surface area contributed by atoms with Gasteiger partial charge in [0.05, 0.1) is 6.04 Å². The van der Waals surface area contributed by atoms with E-state index in [1.54, 1.807) is 0 Å². The quantitative estimate of drug-likeness (QED) is 0.206. The minimum absolute atomic E-state index is 0.0295. The third-order valence-electron chi connectivity index (χ3n) is 5.23. The van der Waals surface area contributed by atoms with Gasteiger partial charge < -0.3 is 19.0 Å².